The number of carbonyl (C=O) groups excluding carboxylic acids is 1. The van der Waals surface area contributed by atoms with Gasteiger partial charge in [-0.2, -0.15) is 0 Å². The van der Waals surface area contributed by atoms with Gasteiger partial charge in [-0.3, -0.25) is 9.69 Å². The van der Waals surface area contributed by atoms with Crippen LogP contribution in [0, 0.1) is 0 Å². The van der Waals surface area contributed by atoms with Crippen LogP contribution in [0.3, 0.4) is 0 Å². The number of benzene rings is 1. The number of carbonyl (C=O) groups is 1. The number of hydrogen-bond donors (Lipinski definition) is 2. The topological polar surface area (TPSA) is 65.4 Å². The van der Waals surface area contributed by atoms with Crippen molar-refractivity contribution in [1.29, 1.82) is 0 Å². The zero-order valence-corrected chi connectivity index (χ0v) is 16.7. The van der Waals surface area contributed by atoms with Crippen molar-refractivity contribution in [3.63, 3.8) is 0 Å². The highest BCUT2D eigenvalue weighted by Crippen LogP contribution is 2.25. The Kier molecular flexibility index (Phi) is 6.97. The molecule has 26 heavy (non-hydrogen) atoms. The Labute approximate surface area is 167 Å². The fourth-order valence-electron chi connectivity index (χ4n) is 4.33. The SMILES string of the molecule is CC1CN2CCCC2CN1C(=O)[C@@H](N)Cc1c[nH]c2ccccc12.Cl.Cl. The molecule has 0 saturated carbocycles. The number of amides is 1. The van der Waals surface area contributed by atoms with E-state index in [-0.39, 0.29) is 36.8 Å². The summed E-state index contributed by atoms with van der Waals surface area (Å²) < 4.78 is 0. The molecule has 144 valence electrons. The van der Waals surface area contributed by atoms with Gasteiger partial charge in [0.2, 0.25) is 5.91 Å². The van der Waals surface area contributed by atoms with E-state index in [9.17, 15) is 4.79 Å². The van der Waals surface area contributed by atoms with E-state index in [1.165, 1.54) is 19.4 Å². The number of fused-ring (bicyclic) bond motifs is 2. The first-order chi connectivity index (χ1) is 11.6. The second kappa shape index (κ2) is 8.61. The quantitative estimate of drug-likeness (QED) is 0.834. The second-order valence-corrected chi connectivity index (χ2v) is 7.30. The first-order valence-corrected chi connectivity index (χ1v) is 8.98. The summed E-state index contributed by atoms with van der Waals surface area (Å²) in [5.41, 5.74) is 8.53. The number of aromatic amines is 1. The summed E-state index contributed by atoms with van der Waals surface area (Å²) in [6.45, 7) is 5.14. The Morgan fingerprint density at radius 1 is 1.31 bits per heavy atom. The molecular weight excluding hydrogens is 371 g/mol. The molecule has 1 aromatic heterocycles. The normalized spacial score (nSPS) is 23.8. The van der Waals surface area contributed by atoms with Gasteiger partial charge in [0.1, 0.15) is 0 Å². The van der Waals surface area contributed by atoms with Crippen LogP contribution in [-0.2, 0) is 11.2 Å². The second-order valence-electron chi connectivity index (χ2n) is 7.30. The zero-order chi connectivity index (χ0) is 16.7. The third kappa shape index (κ3) is 3.86. The lowest BCUT2D eigenvalue weighted by molar-refractivity contribution is -0.138. The van der Waals surface area contributed by atoms with E-state index in [0.29, 0.717) is 12.5 Å². The van der Waals surface area contributed by atoms with Crippen molar-refractivity contribution >= 4 is 41.6 Å². The lowest BCUT2D eigenvalue weighted by atomic mass is 10.0. The summed E-state index contributed by atoms with van der Waals surface area (Å²) in [6, 6.07) is 8.47. The highest BCUT2D eigenvalue weighted by molar-refractivity contribution is 5.86. The number of hydrogen-bond acceptors (Lipinski definition) is 3. The highest BCUT2D eigenvalue weighted by Gasteiger charge is 2.37. The molecule has 3 heterocycles. The third-order valence-corrected chi connectivity index (χ3v) is 5.65. The molecule has 2 aliphatic rings. The van der Waals surface area contributed by atoms with Crippen molar-refractivity contribution < 1.29 is 4.79 Å². The summed E-state index contributed by atoms with van der Waals surface area (Å²) in [6.07, 6.45) is 5.02. The van der Waals surface area contributed by atoms with Crippen molar-refractivity contribution in [3.05, 3.63) is 36.0 Å². The van der Waals surface area contributed by atoms with Crippen LogP contribution in [-0.4, -0.2) is 58.5 Å². The van der Waals surface area contributed by atoms with Crippen molar-refractivity contribution in [2.24, 2.45) is 5.73 Å². The Balaban J connectivity index is 0.00000121. The molecule has 4 rings (SSSR count). The molecule has 2 saturated heterocycles. The summed E-state index contributed by atoms with van der Waals surface area (Å²) in [5.74, 6) is 0.0966. The largest absolute Gasteiger partial charge is 0.361 e. The molecule has 2 aliphatic heterocycles. The lowest BCUT2D eigenvalue weighted by Gasteiger charge is -2.43. The average Bonchev–Trinajstić information content (AvgIpc) is 3.20. The van der Waals surface area contributed by atoms with Gasteiger partial charge in [0, 0.05) is 42.3 Å². The molecule has 3 atom stereocenters. The number of para-hydroxylation sites is 1. The minimum atomic E-state index is -0.473. The number of H-pyrrole nitrogens is 1. The summed E-state index contributed by atoms with van der Waals surface area (Å²) in [5, 5.41) is 1.16. The van der Waals surface area contributed by atoms with Crippen LogP contribution < -0.4 is 5.73 Å². The molecule has 0 radical (unpaired) electrons. The predicted octanol–water partition coefficient (Wildman–Crippen LogP) is 2.58. The van der Waals surface area contributed by atoms with Gasteiger partial charge in [-0.1, -0.05) is 18.2 Å². The number of aromatic nitrogens is 1. The maximum absolute atomic E-state index is 12.9. The van der Waals surface area contributed by atoms with E-state index in [4.69, 9.17) is 5.73 Å². The van der Waals surface area contributed by atoms with Gasteiger partial charge in [-0.15, -0.1) is 24.8 Å². The van der Waals surface area contributed by atoms with Crippen molar-refractivity contribution in [3.8, 4) is 0 Å². The van der Waals surface area contributed by atoms with Gasteiger partial charge < -0.3 is 15.6 Å². The van der Waals surface area contributed by atoms with Crippen LogP contribution in [0.1, 0.15) is 25.3 Å². The number of nitrogens with zero attached hydrogens (tertiary/aromatic N) is 2. The highest BCUT2D eigenvalue weighted by atomic mass is 35.5. The van der Waals surface area contributed by atoms with E-state index in [0.717, 1.165) is 29.6 Å². The number of nitrogens with two attached hydrogens (primary N) is 1. The molecule has 3 N–H and O–H groups in total. The lowest BCUT2D eigenvalue weighted by Crippen LogP contribution is -2.60. The van der Waals surface area contributed by atoms with Gasteiger partial charge in [0.05, 0.1) is 6.04 Å². The first kappa shape index (κ1) is 21.0. The van der Waals surface area contributed by atoms with Crippen molar-refractivity contribution in [2.45, 2.75) is 44.3 Å². The third-order valence-electron chi connectivity index (χ3n) is 5.65. The van der Waals surface area contributed by atoms with Crippen LogP contribution in [0.25, 0.3) is 10.9 Å². The van der Waals surface area contributed by atoms with E-state index in [2.05, 4.69) is 22.9 Å². The fraction of sp³-hybridized carbons (Fsp3) is 0.526. The Bertz CT molecular complexity index is 750. The molecule has 0 bridgehead atoms. The van der Waals surface area contributed by atoms with E-state index in [1.54, 1.807) is 0 Å². The van der Waals surface area contributed by atoms with E-state index in [1.807, 2.05) is 29.3 Å². The molecule has 1 amide bonds. The van der Waals surface area contributed by atoms with Crippen LogP contribution in [0.4, 0.5) is 0 Å². The maximum Gasteiger partial charge on any atom is 0.240 e. The number of halogens is 2. The monoisotopic (exact) mass is 398 g/mol. The van der Waals surface area contributed by atoms with Gasteiger partial charge in [0.25, 0.3) is 0 Å². The Hall–Kier alpha value is -1.27. The van der Waals surface area contributed by atoms with Crippen LogP contribution in [0.15, 0.2) is 30.5 Å². The minimum Gasteiger partial charge on any atom is -0.361 e. The van der Waals surface area contributed by atoms with Gasteiger partial charge in [0.15, 0.2) is 0 Å². The summed E-state index contributed by atoms with van der Waals surface area (Å²) in [4.78, 5) is 20.7. The average molecular weight is 399 g/mol. The van der Waals surface area contributed by atoms with Crippen molar-refractivity contribution in [1.82, 2.24) is 14.8 Å². The van der Waals surface area contributed by atoms with Crippen LogP contribution in [0.5, 0.6) is 0 Å². The van der Waals surface area contributed by atoms with Gasteiger partial charge >= 0.3 is 0 Å². The molecule has 1 aromatic carbocycles. The van der Waals surface area contributed by atoms with Crippen molar-refractivity contribution in [2.75, 3.05) is 19.6 Å². The standard InChI is InChI=1S/C19H26N4O.2ClH/c1-13-11-22-8-4-5-15(22)12-23(13)19(24)17(20)9-14-10-21-18-7-3-2-6-16(14)18;;/h2-3,6-7,10,13,15,17,21H,4-5,8-9,11-12,20H2,1H3;2*1H/t13?,15?,17-;;/m0../s1. The molecule has 2 aromatic rings. The molecule has 2 fully saturated rings. The molecule has 0 spiro atoms. The zero-order valence-electron chi connectivity index (χ0n) is 15.1. The summed E-state index contributed by atoms with van der Waals surface area (Å²) in [7, 11) is 0. The van der Waals surface area contributed by atoms with Crippen LogP contribution in [0.2, 0.25) is 0 Å². The van der Waals surface area contributed by atoms with Gasteiger partial charge in [-0.25, -0.2) is 0 Å². The number of nitrogens with one attached hydrogen (secondary N) is 1. The fourth-order valence-corrected chi connectivity index (χ4v) is 4.33. The molecular formula is C19H28Cl2N4O. The van der Waals surface area contributed by atoms with E-state index < -0.39 is 6.04 Å². The molecule has 7 heteroatoms. The van der Waals surface area contributed by atoms with Crippen LogP contribution >= 0.6 is 24.8 Å². The number of rotatable bonds is 3. The minimum absolute atomic E-state index is 0. The molecule has 5 nitrogen and oxygen atoms in total. The molecule has 0 aliphatic carbocycles. The predicted molar refractivity (Wildman–Crippen MR) is 110 cm³/mol. The maximum atomic E-state index is 12.9. The van der Waals surface area contributed by atoms with Gasteiger partial charge in [-0.05, 0) is 44.4 Å². The summed E-state index contributed by atoms with van der Waals surface area (Å²) >= 11 is 0. The Morgan fingerprint density at radius 2 is 2.08 bits per heavy atom. The first-order valence-electron chi connectivity index (χ1n) is 8.98. The number of piperazine rings is 1. The smallest absolute Gasteiger partial charge is 0.240 e. The Morgan fingerprint density at radius 3 is 2.88 bits per heavy atom. The van der Waals surface area contributed by atoms with E-state index >= 15 is 0 Å². The molecule has 2 unspecified atom stereocenters.